The summed E-state index contributed by atoms with van der Waals surface area (Å²) >= 11 is 0. The second kappa shape index (κ2) is 5.52. The van der Waals surface area contributed by atoms with Gasteiger partial charge in [-0.1, -0.05) is 30.3 Å². The van der Waals surface area contributed by atoms with E-state index in [2.05, 4.69) is 0 Å². The predicted molar refractivity (Wildman–Crippen MR) is 78.7 cm³/mol. The zero-order valence-electron chi connectivity index (χ0n) is 11.7. The van der Waals surface area contributed by atoms with Crippen molar-refractivity contribution >= 4 is 12.6 Å². The second-order valence-electron chi connectivity index (χ2n) is 5.12. The van der Waals surface area contributed by atoms with Crippen molar-refractivity contribution in [3.8, 4) is 17.2 Å². The zero-order valence-corrected chi connectivity index (χ0v) is 11.7. The largest absolute Gasteiger partial charge is 0.507 e. The maximum Gasteiger partial charge on any atom is 0.157 e. The average Bonchev–Trinajstić information content (AvgIpc) is 2.56. The van der Waals surface area contributed by atoms with E-state index in [1.54, 1.807) is 0 Å². The van der Waals surface area contributed by atoms with Gasteiger partial charge in [0.2, 0.25) is 0 Å². The number of aldehydes is 2. The molecule has 0 spiro atoms. The lowest BCUT2D eigenvalue weighted by Gasteiger charge is -2.28. The number of ether oxygens (including phenoxy) is 1. The summed E-state index contributed by atoms with van der Waals surface area (Å²) in [5.74, 6) is -0.717. The SMILES string of the molecule is O=Cc1c(O)c(C=O)c2c(c1O)CCC(c1ccccc1)O2. The third-order valence-electron chi connectivity index (χ3n) is 3.89. The number of aromatic hydroxyl groups is 2. The molecule has 1 atom stereocenters. The van der Waals surface area contributed by atoms with E-state index in [1.807, 2.05) is 30.3 Å². The smallest absolute Gasteiger partial charge is 0.157 e. The van der Waals surface area contributed by atoms with Gasteiger partial charge in [0.1, 0.15) is 23.4 Å². The van der Waals surface area contributed by atoms with E-state index >= 15 is 0 Å². The van der Waals surface area contributed by atoms with Crippen LogP contribution >= 0.6 is 0 Å². The van der Waals surface area contributed by atoms with Crippen LogP contribution in [0.3, 0.4) is 0 Å². The van der Waals surface area contributed by atoms with Crippen LogP contribution in [0.4, 0.5) is 0 Å². The number of carbonyl (C=O) groups excluding carboxylic acids is 2. The van der Waals surface area contributed by atoms with Crippen LogP contribution in [-0.2, 0) is 6.42 Å². The minimum Gasteiger partial charge on any atom is -0.507 e. The summed E-state index contributed by atoms with van der Waals surface area (Å²) in [7, 11) is 0. The molecular formula is C17H14O5. The molecular weight excluding hydrogens is 284 g/mol. The molecule has 0 amide bonds. The van der Waals surface area contributed by atoms with Crippen molar-refractivity contribution < 1.29 is 24.5 Å². The van der Waals surface area contributed by atoms with Crippen molar-refractivity contribution in [1.82, 2.24) is 0 Å². The van der Waals surface area contributed by atoms with Crippen LogP contribution in [0.15, 0.2) is 30.3 Å². The van der Waals surface area contributed by atoms with Crippen molar-refractivity contribution in [3.05, 3.63) is 52.6 Å². The highest BCUT2D eigenvalue weighted by atomic mass is 16.5. The molecule has 3 rings (SSSR count). The Kier molecular flexibility index (Phi) is 3.55. The van der Waals surface area contributed by atoms with E-state index in [-0.39, 0.29) is 28.7 Å². The number of fused-ring (bicyclic) bond motifs is 1. The predicted octanol–water partition coefficient (Wildman–Crippen LogP) is 2.79. The summed E-state index contributed by atoms with van der Waals surface area (Å²) in [6.07, 6.45) is 1.55. The van der Waals surface area contributed by atoms with Crippen LogP contribution in [0.2, 0.25) is 0 Å². The highest BCUT2D eigenvalue weighted by Gasteiger charge is 2.30. The number of rotatable bonds is 3. The second-order valence-corrected chi connectivity index (χ2v) is 5.12. The highest BCUT2D eigenvalue weighted by Crippen LogP contribution is 2.46. The topological polar surface area (TPSA) is 83.8 Å². The molecule has 0 saturated heterocycles. The standard InChI is InChI=1S/C17H14O5/c18-8-12-15(20)11-6-7-14(10-4-2-1-3-5-10)22-17(11)13(9-19)16(12)21/h1-5,8-9,14,20-21H,6-7H2. The van der Waals surface area contributed by atoms with Gasteiger partial charge in [0, 0.05) is 5.56 Å². The molecule has 22 heavy (non-hydrogen) atoms. The van der Waals surface area contributed by atoms with Gasteiger partial charge in [-0.05, 0) is 18.4 Å². The first kappa shape index (κ1) is 14.1. The van der Waals surface area contributed by atoms with Crippen LogP contribution in [0, 0.1) is 0 Å². The normalized spacial score (nSPS) is 16.5. The van der Waals surface area contributed by atoms with Crippen LogP contribution < -0.4 is 4.74 Å². The maximum atomic E-state index is 11.3. The Bertz CT molecular complexity index is 737. The lowest BCUT2D eigenvalue weighted by molar-refractivity contribution is 0.110. The summed E-state index contributed by atoms with van der Waals surface area (Å²) in [4.78, 5) is 22.3. The van der Waals surface area contributed by atoms with Gasteiger partial charge in [0.15, 0.2) is 12.6 Å². The van der Waals surface area contributed by atoms with Gasteiger partial charge in [-0.25, -0.2) is 0 Å². The van der Waals surface area contributed by atoms with Gasteiger partial charge in [-0.15, -0.1) is 0 Å². The average molecular weight is 298 g/mol. The number of phenolic OH excluding ortho intramolecular Hbond substituents is 2. The Balaban J connectivity index is 2.11. The molecule has 0 saturated carbocycles. The van der Waals surface area contributed by atoms with E-state index in [0.29, 0.717) is 31.0 Å². The first-order valence-electron chi connectivity index (χ1n) is 6.90. The third kappa shape index (κ3) is 2.11. The summed E-state index contributed by atoms with van der Waals surface area (Å²) in [5.41, 5.74) is 0.954. The van der Waals surface area contributed by atoms with Crippen LogP contribution in [0.5, 0.6) is 17.2 Å². The molecule has 0 fully saturated rings. The quantitative estimate of drug-likeness (QED) is 0.851. The van der Waals surface area contributed by atoms with Crippen LogP contribution in [0.1, 0.15) is 44.4 Å². The van der Waals surface area contributed by atoms with Gasteiger partial charge >= 0.3 is 0 Å². The Morgan fingerprint density at radius 2 is 1.68 bits per heavy atom. The minimum atomic E-state index is -0.546. The summed E-state index contributed by atoms with van der Waals surface area (Å²) < 4.78 is 5.83. The van der Waals surface area contributed by atoms with Gasteiger partial charge in [-0.3, -0.25) is 9.59 Å². The molecule has 1 aliphatic rings. The Labute approximate surface area is 126 Å². The molecule has 0 radical (unpaired) electrons. The zero-order chi connectivity index (χ0) is 15.7. The molecule has 2 N–H and O–H groups in total. The molecule has 0 aliphatic carbocycles. The summed E-state index contributed by atoms with van der Waals surface area (Å²) in [6, 6.07) is 9.50. The Morgan fingerprint density at radius 3 is 2.32 bits per heavy atom. The molecule has 1 heterocycles. The van der Waals surface area contributed by atoms with E-state index in [1.165, 1.54) is 0 Å². The van der Waals surface area contributed by atoms with Gasteiger partial charge < -0.3 is 14.9 Å². The van der Waals surface area contributed by atoms with Crippen molar-refractivity contribution in [2.45, 2.75) is 18.9 Å². The fraction of sp³-hybridized carbons (Fsp3) is 0.176. The molecule has 0 aromatic heterocycles. The molecule has 0 bridgehead atoms. The molecule has 5 nitrogen and oxygen atoms in total. The fourth-order valence-electron chi connectivity index (χ4n) is 2.76. The van der Waals surface area contributed by atoms with E-state index < -0.39 is 5.75 Å². The van der Waals surface area contributed by atoms with Gasteiger partial charge in [0.05, 0.1) is 11.1 Å². The maximum absolute atomic E-state index is 11.3. The number of hydrogen-bond acceptors (Lipinski definition) is 5. The van der Waals surface area contributed by atoms with Gasteiger partial charge in [-0.2, -0.15) is 0 Å². The molecule has 1 unspecified atom stereocenters. The fourth-order valence-corrected chi connectivity index (χ4v) is 2.76. The number of benzene rings is 2. The molecule has 112 valence electrons. The van der Waals surface area contributed by atoms with Crippen molar-refractivity contribution in [2.75, 3.05) is 0 Å². The van der Waals surface area contributed by atoms with Crippen LogP contribution in [-0.4, -0.2) is 22.8 Å². The van der Waals surface area contributed by atoms with Crippen LogP contribution in [0.25, 0.3) is 0 Å². The number of hydrogen-bond donors (Lipinski definition) is 2. The third-order valence-corrected chi connectivity index (χ3v) is 3.89. The van der Waals surface area contributed by atoms with Crippen molar-refractivity contribution in [1.29, 1.82) is 0 Å². The first-order chi connectivity index (χ1) is 10.7. The van der Waals surface area contributed by atoms with Crippen molar-refractivity contribution in [3.63, 3.8) is 0 Å². The first-order valence-corrected chi connectivity index (χ1v) is 6.90. The van der Waals surface area contributed by atoms with Crippen molar-refractivity contribution in [2.24, 2.45) is 0 Å². The van der Waals surface area contributed by atoms with E-state index in [4.69, 9.17) is 4.74 Å². The van der Waals surface area contributed by atoms with Gasteiger partial charge in [0.25, 0.3) is 0 Å². The summed E-state index contributed by atoms with van der Waals surface area (Å²) in [5, 5.41) is 20.1. The Morgan fingerprint density at radius 1 is 1.00 bits per heavy atom. The lowest BCUT2D eigenvalue weighted by Crippen LogP contribution is -2.17. The molecule has 2 aromatic carbocycles. The lowest BCUT2D eigenvalue weighted by atomic mass is 9.92. The number of carbonyl (C=O) groups is 2. The molecule has 1 aliphatic heterocycles. The molecule has 5 heteroatoms. The summed E-state index contributed by atoms with van der Waals surface area (Å²) in [6.45, 7) is 0. The molecule has 2 aromatic rings. The van der Waals surface area contributed by atoms with E-state index in [9.17, 15) is 19.8 Å². The minimum absolute atomic E-state index is 0.101. The highest BCUT2D eigenvalue weighted by molar-refractivity contribution is 5.95. The monoisotopic (exact) mass is 298 g/mol. The number of phenols is 2. The van der Waals surface area contributed by atoms with E-state index in [0.717, 1.165) is 5.56 Å². The Hall–Kier alpha value is -2.82.